The second-order valence-corrected chi connectivity index (χ2v) is 5.34. The monoisotopic (exact) mass is 297 g/mol. The largest absolute Gasteiger partial charge is 0.481 e. The predicted octanol–water partition coefficient (Wildman–Crippen LogP) is 2.89. The van der Waals surface area contributed by atoms with E-state index in [0.29, 0.717) is 6.54 Å². The van der Waals surface area contributed by atoms with Gasteiger partial charge in [0.2, 0.25) is 0 Å². The minimum atomic E-state index is -0.751. The highest BCUT2D eigenvalue weighted by molar-refractivity contribution is 9.10. The Morgan fingerprint density at radius 3 is 2.65 bits per heavy atom. The summed E-state index contributed by atoms with van der Waals surface area (Å²) < 4.78 is 1.10. The Morgan fingerprint density at radius 1 is 1.41 bits per heavy atom. The number of halogens is 1. The molecule has 0 radical (unpaired) electrons. The Hall–Kier alpha value is -0.870. The summed E-state index contributed by atoms with van der Waals surface area (Å²) in [6.45, 7) is 0.524. The van der Waals surface area contributed by atoms with E-state index in [4.69, 9.17) is 5.11 Å². The summed E-state index contributed by atoms with van der Waals surface area (Å²) in [6.07, 6.45) is 3.53. The first kappa shape index (κ1) is 12.6. The van der Waals surface area contributed by atoms with E-state index in [2.05, 4.69) is 27.3 Å². The van der Waals surface area contributed by atoms with Gasteiger partial charge in [-0.05, 0) is 30.9 Å². The molecule has 0 amide bonds. The van der Waals surface area contributed by atoms with Crippen LogP contribution in [0.3, 0.4) is 0 Å². The molecule has 0 bridgehead atoms. The van der Waals surface area contributed by atoms with Gasteiger partial charge in [-0.1, -0.05) is 34.1 Å². The number of aliphatic carboxylic acids is 1. The molecule has 0 aromatic heterocycles. The third-order valence-electron chi connectivity index (χ3n) is 3.40. The van der Waals surface area contributed by atoms with Crippen molar-refractivity contribution in [3.63, 3.8) is 0 Å². The van der Waals surface area contributed by atoms with Crippen LogP contribution in [0.2, 0.25) is 0 Å². The van der Waals surface area contributed by atoms with Crippen LogP contribution in [0.15, 0.2) is 28.7 Å². The minimum absolute atomic E-state index is 0.0183. The number of carbonyl (C=O) groups is 1. The summed E-state index contributed by atoms with van der Waals surface area (Å²) in [5, 5.41) is 12.1. The fraction of sp³-hybridized carbons (Fsp3) is 0.462. The summed E-state index contributed by atoms with van der Waals surface area (Å²) in [5.41, 5.74) is 1.23. The van der Waals surface area contributed by atoms with E-state index in [9.17, 15) is 4.79 Å². The Morgan fingerprint density at radius 2 is 2.12 bits per heavy atom. The zero-order valence-corrected chi connectivity index (χ0v) is 11.2. The first-order chi connectivity index (χ1) is 8.14. The van der Waals surface area contributed by atoms with Gasteiger partial charge in [0.1, 0.15) is 0 Å². The van der Waals surface area contributed by atoms with E-state index >= 15 is 0 Å². The van der Waals surface area contributed by atoms with Gasteiger partial charge in [-0.25, -0.2) is 0 Å². The Kier molecular flexibility index (Phi) is 3.84. The van der Waals surface area contributed by atoms with Crippen LogP contribution < -0.4 is 5.32 Å². The Bertz CT molecular complexity index is 416. The van der Waals surface area contributed by atoms with Gasteiger partial charge in [0.15, 0.2) is 0 Å². The van der Waals surface area contributed by atoms with E-state index in [-0.39, 0.29) is 12.0 Å². The third-order valence-corrected chi connectivity index (χ3v) is 4.09. The maximum absolute atomic E-state index is 10.5. The molecule has 1 aromatic carbocycles. The normalized spacial score (nSPS) is 17.5. The molecule has 92 valence electrons. The van der Waals surface area contributed by atoms with Crippen LogP contribution in [0, 0.1) is 0 Å². The lowest BCUT2D eigenvalue weighted by Crippen LogP contribution is -2.48. The van der Waals surface area contributed by atoms with Crippen LogP contribution in [0.25, 0.3) is 0 Å². The number of hydrogen-bond donors (Lipinski definition) is 2. The summed E-state index contributed by atoms with van der Waals surface area (Å²) >= 11 is 3.57. The molecule has 0 heterocycles. The first-order valence-electron chi connectivity index (χ1n) is 5.86. The fourth-order valence-corrected chi connectivity index (χ4v) is 2.99. The summed E-state index contributed by atoms with van der Waals surface area (Å²) in [5.74, 6) is -0.751. The van der Waals surface area contributed by atoms with Gasteiger partial charge < -0.3 is 10.4 Å². The molecule has 1 saturated carbocycles. The second kappa shape index (κ2) is 5.19. The molecule has 0 spiro atoms. The average molecular weight is 298 g/mol. The topological polar surface area (TPSA) is 49.3 Å². The van der Waals surface area contributed by atoms with E-state index in [1.54, 1.807) is 0 Å². The molecule has 1 fully saturated rings. The summed E-state index contributed by atoms with van der Waals surface area (Å²) in [7, 11) is 0. The number of rotatable bonds is 5. The number of nitrogens with one attached hydrogen (secondary N) is 1. The molecule has 0 unspecified atom stereocenters. The molecule has 0 saturated heterocycles. The Balaban J connectivity index is 2.09. The van der Waals surface area contributed by atoms with Crippen LogP contribution in [0.4, 0.5) is 0 Å². The highest BCUT2D eigenvalue weighted by Gasteiger charge is 2.39. The van der Waals surface area contributed by atoms with Gasteiger partial charge in [0.05, 0.1) is 6.42 Å². The van der Waals surface area contributed by atoms with Crippen LogP contribution >= 0.6 is 15.9 Å². The van der Waals surface area contributed by atoms with Gasteiger partial charge >= 0.3 is 5.97 Å². The van der Waals surface area contributed by atoms with Crippen molar-refractivity contribution in [2.24, 2.45) is 0 Å². The van der Waals surface area contributed by atoms with Crippen molar-refractivity contribution in [3.8, 4) is 0 Å². The van der Waals surface area contributed by atoms with Gasteiger partial charge in [-0.15, -0.1) is 0 Å². The van der Waals surface area contributed by atoms with Crippen LogP contribution in [0.5, 0.6) is 0 Å². The van der Waals surface area contributed by atoms with Gasteiger partial charge in [0.25, 0.3) is 0 Å². The molecule has 1 aliphatic rings. The average Bonchev–Trinajstić information content (AvgIpc) is 2.23. The number of carboxylic acids is 1. The van der Waals surface area contributed by atoms with Crippen LogP contribution in [0.1, 0.15) is 31.2 Å². The molecular weight excluding hydrogens is 282 g/mol. The van der Waals surface area contributed by atoms with E-state index in [1.165, 1.54) is 12.0 Å². The van der Waals surface area contributed by atoms with Crippen molar-refractivity contribution in [2.75, 3.05) is 6.54 Å². The smallest absolute Gasteiger partial charge is 0.304 e. The number of hydrogen-bond acceptors (Lipinski definition) is 2. The van der Waals surface area contributed by atoms with Gasteiger partial charge in [-0.3, -0.25) is 4.79 Å². The molecule has 1 aliphatic carbocycles. The zero-order chi connectivity index (χ0) is 12.3. The highest BCUT2D eigenvalue weighted by atomic mass is 79.9. The lowest BCUT2D eigenvalue weighted by molar-refractivity contribution is -0.137. The molecular formula is C13H16BrNO2. The molecule has 0 aliphatic heterocycles. The molecule has 1 aromatic rings. The number of benzene rings is 1. The quantitative estimate of drug-likeness (QED) is 0.879. The molecule has 17 heavy (non-hydrogen) atoms. The molecule has 4 heteroatoms. The van der Waals surface area contributed by atoms with Crippen LogP contribution in [-0.4, -0.2) is 17.6 Å². The van der Waals surface area contributed by atoms with Crippen molar-refractivity contribution < 1.29 is 9.90 Å². The summed E-state index contributed by atoms with van der Waals surface area (Å²) in [4.78, 5) is 10.5. The maximum atomic E-state index is 10.5. The number of carboxylic acid groups (broad SMARTS) is 1. The van der Waals surface area contributed by atoms with Crippen molar-refractivity contribution in [1.82, 2.24) is 5.32 Å². The predicted molar refractivity (Wildman–Crippen MR) is 69.9 cm³/mol. The van der Waals surface area contributed by atoms with E-state index in [1.807, 2.05) is 18.2 Å². The lowest BCUT2D eigenvalue weighted by Gasteiger charge is -2.44. The van der Waals surface area contributed by atoms with Crippen LogP contribution in [-0.2, 0) is 10.3 Å². The molecule has 2 N–H and O–H groups in total. The standard InChI is InChI=1S/C13H16BrNO2/c14-11-5-2-1-4-10(11)13(7-3-8-13)15-9-6-12(16)17/h1-2,4-5,15H,3,6-9H2,(H,16,17). The Labute approximate surface area is 109 Å². The van der Waals surface area contributed by atoms with Crippen molar-refractivity contribution in [1.29, 1.82) is 0 Å². The first-order valence-corrected chi connectivity index (χ1v) is 6.65. The zero-order valence-electron chi connectivity index (χ0n) is 9.58. The van der Waals surface area contributed by atoms with Crippen molar-refractivity contribution in [2.45, 2.75) is 31.2 Å². The van der Waals surface area contributed by atoms with Gasteiger partial charge in [-0.2, -0.15) is 0 Å². The van der Waals surface area contributed by atoms with Crippen molar-refractivity contribution >= 4 is 21.9 Å². The van der Waals surface area contributed by atoms with Crippen molar-refractivity contribution in [3.05, 3.63) is 34.3 Å². The summed E-state index contributed by atoms with van der Waals surface area (Å²) in [6, 6.07) is 8.17. The van der Waals surface area contributed by atoms with Gasteiger partial charge in [0, 0.05) is 16.6 Å². The maximum Gasteiger partial charge on any atom is 0.304 e. The van der Waals surface area contributed by atoms with E-state index in [0.717, 1.165) is 17.3 Å². The third kappa shape index (κ3) is 2.69. The molecule has 2 rings (SSSR count). The second-order valence-electron chi connectivity index (χ2n) is 4.49. The fourth-order valence-electron chi connectivity index (χ4n) is 2.33. The lowest BCUT2D eigenvalue weighted by atomic mass is 9.72. The minimum Gasteiger partial charge on any atom is -0.481 e. The molecule has 3 nitrogen and oxygen atoms in total. The molecule has 0 atom stereocenters. The van der Waals surface area contributed by atoms with E-state index < -0.39 is 5.97 Å². The SMILES string of the molecule is O=C(O)CCNC1(c2ccccc2Br)CCC1. The highest BCUT2D eigenvalue weighted by Crippen LogP contribution is 2.43.